The maximum Gasteiger partial charge on any atom is 0.319 e. The van der Waals surface area contributed by atoms with Crippen LogP contribution in [-0.4, -0.2) is 13.1 Å². The quantitative estimate of drug-likeness (QED) is 0.883. The molecule has 2 N–H and O–H groups in total. The molecule has 0 saturated carbocycles. The minimum atomic E-state index is -0.217. The van der Waals surface area contributed by atoms with Gasteiger partial charge in [-0.25, -0.2) is 4.79 Å². The Morgan fingerprint density at radius 2 is 1.71 bits per heavy atom. The van der Waals surface area contributed by atoms with Gasteiger partial charge in [-0.3, -0.25) is 0 Å². The first-order valence-corrected chi connectivity index (χ1v) is 6.86. The average Bonchev–Trinajstić information content (AvgIpc) is 2.49. The van der Waals surface area contributed by atoms with Gasteiger partial charge >= 0.3 is 6.03 Å². The minimum absolute atomic E-state index is 0.217. The molecule has 0 aliphatic rings. The molecule has 0 atom stereocenters. The van der Waals surface area contributed by atoms with Crippen LogP contribution in [0.3, 0.4) is 0 Å². The van der Waals surface area contributed by atoms with Crippen LogP contribution in [0.4, 0.5) is 10.5 Å². The van der Waals surface area contributed by atoms with E-state index in [2.05, 4.69) is 10.6 Å². The van der Waals surface area contributed by atoms with Crippen molar-refractivity contribution in [2.75, 3.05) is 12.4 Å². The van der Waals surface area contributed by atoms with Gasteiger partial charge in [0.25, 0.3) is 0 Å². The number of hydrogen-bond acceptors (Lipinski definition) is 2. The number of carbonyl (C=O) groups excluding carboxylic acids is 1. The van der Waals surface area contributed by atoms with Crippen molar-refractivity contribution in [1.29, 1.82) is 0 Å². The first-order chi connectivity index (χ1) is 10.2. The maximum absolute atomic E-state index is 11.9. The van der Waals surface area contributed by atoms with Gasteiger partial charge < -0.3 is 15.4 Å². The highest BCUT2D eigenvalue weighted by Gasteiger charge is 2.04. The van der Waals surface area contributed by atoms with E-state index in [-0.39, 0.29) is 6.03 Å². The molecule has 0 saturated heterocycles. The normalized spacial score (nSPS) is 10.2. The first kappa shape index (κ1) is 15.1. The summed E-state index contributed by atoms with van der Waals surface area (Å²) in [5.74, 6) is 0. The second-order valence-electron chi connectivity index (χ2n) is 4.88. The van der Waals surface area contributed by atoms with Crippen molar-refractivity contribution in [3.63, 3.8) is 0 Å². The molecule has 0 radical (unpaired) electrons. The predicted molar refractivity (Wildman–Crippen MR) is 84.2 cm³/mol. The number of rotatable bonds is 5. The minimum Gasteiger partial charge on any atom is -0.380 e. The predicted octanol–water partition coefficient (Wildman–Crippen LogP) is 3.46. The van der Waals surface area contributed by atoms with Gasteiger partial charge in [0.2, 0.25) is 0 Å². The van der Waals surface area contributed by atoms with Gasteiger partial charge in [-0.05, 0) is 30.2 Å². The fraction of sp³-hybridized carbons (Fsp3) is 0.235. The zero-order chi connectivity index (χ0) is 15.1. The van der Waals surface area contributed by atoms with Gasteiger partial charge in [0.15, 0.2) is 0 Å². The molecule has 0 spiro atoms. The van der Waals surface area contributed by atoms with E-state index in [0.717, 1.165) is 22.4 Å². The average molecular weight is 284 g/mol. The number of nitrogens with one attached hydrogen (secondary N) is 2. The molecule has 2 aromatic rings. The van der Waals surface area contributed by atoms with Crippen LogP contribution in [0.1, 0.15) is 16.7 Å². The second-order valence-corrected chi connectivity index (χ2v) is 4.88. The summed E-state index contributed by atoms with van der Waals surface area (Å²) in [7, 11) is 1.66. The molecular weight excluding hydrogens is 264 g/mol. The summed E-state index contributed by atoms with van der Waals surface area (Å²) >= 11 is 0. The lowest BCUT2D eigenvalue weighted by molar-refractivity contribution is 0.184. The molecule has 0 heterocycles. The number of hydrogen-bond donors (Lipinski definition) is 2. The van der Waals surface area contributed by atoms with Crippen molar-refractivity contribution in [3.8, 4) is 0 Å². The van der Waals surface area contributed by atoms with Crippen LogP contribution >= 0.6 is 0 Å². The van der Waals surface area contributed by atoms with Crippen LogP contribution in [0.15, 0.2) is 48.5 Å². The first-order valence-electron chi connectivity index (χ1n) is 6.86. The molecule has 0 aliphatic carbocycles. The van der Waals surface area contributed by atoms with Gasteiger partial charge in [-0.1, -0.05) is 42.0 Å². The molecule has 0 fully saturated rings. The number of urea groups is 1. The van der Waals surface area contributed by atoms with Crippen LogP contribution in [-0.2, 0) is 17.9 Å². The van der Waals surface area contributed by atoms with Crippen molar-refractivity contribution in [2.45, 2.75) is 20.1 Å². The molecule has 0 unspecified atom stereocenters. The Labute approximate surface area is 125 Å². The monoisotopic (exact) mass is 284 g/mol. The Morgan fingerprint density at radius 3 is 2.38 bits per heavy atom. The number of methoxy groups -OCH3 is 1. The standard InChI is InChI=1S/C17H20N2O2/c1-13-7-9-16(10-8-13)19-17(20)18-11-14-5-3-4-6-15(14)12-21-2/h3-10H,11-12H2,1-2H3,(H2,18,19,20). The van der Waals surface area contributed by atoms with Crippen molar-refractivity contribution in [3.05, 3.63) is 65.2 Å². The number of amides is 2. The van der Waals surface area contributed by atoms with Gasteiger partial charge in [0, 0.05) is 19.3 Å². The molecule has 0 aliphatic heterocycles. The van der Waals surface area contributed by atoms with Crippen molar-refractivity contribution < 1.29 is 9.53 Å². The van der Waals surface area contributed by atoms with Crippen LogP contribution in [0.2, 0.25) is 0 Å². The van der Waals surface area contributed by atoms with Crippen molar-refractivity contribution in [1.82, 2.24) is 5.32 Å². The highest BCUT2D eigenvalue weighted by atomic mass is 16.5. The highest BCUT2D eigenvalue weighted by molar-refractivity contribution is 5.89. The molecule has 2 amide bonds. The lowest BCUT2D eigenvalue weighted by Crippen LogP contribution is -2.28. The second kappa shape index (κ2) is 7.45. The van der Waals surface area contributed by atoms with E-state index in [1.54, 1.807) is 7.11 Å². The Hall–Kier alpha value is -2.33. The van der Waals surface area contributed by atoms with E-state index in [1.807, 2.05) is 55.5 Å². The fourth-order valence-electron chi connectivity index (χ4n) is 2.01. The maximum atomic E-state index is 11.9. The summed E-state index contributed by atoms with van der Waals surface area (Å²) in [5, 5.41) is 5.66. The zero-order valence-electron chi connectivity index (χ0n) is 12.3. The number of carbonyl (C=O) groups is 1. The SMILES string of the molecule is COCc1ccccc1CNC(=O)Nc1ccc(C)cc1. The van der Waals surface area contributed by atoms with E-state index in [1.165, 1.54) is 0 Å². The van der Waals surface area contributed by atoms with Crippen LogP contribution in [0.5, 0.6) is 0 Å². The third kappa shape index (κ3) is 4.61. The Kier molecular flexibility index (Phi) is 5.35. The topological polar surface area (TPSA) is 50.4 Å². The van der Waals surface area contributed by atoms with Crippen molar-refractivity contribution in [2.24, 2.45) is 0 Å². The van der Waals surface area contributed by atoms with Gasteiger partial charge in [0.05, 0.1) is 6.61 Å². The Balaban J connectivity index is 1.90. The summed E-state index contributed by atoms with van der Waals surface area (Å²) in [5.41, 5.74) is 4.08. The molecule has 21 heavy (non-hydrogen) atoms. The Bertz CT molecular complexity index is 594. The number of aryl methyl sites for hydroxylation is 1. The lowest BCUT2D eigenvalue weighted by atomic mass is 10.1. The van der Waals surface area contributed by atoms with Crippen LogP contribution in [0, 0.1) is 6.92 Å². The summed E-state index contributed by atoms with van der Waals surface area (Å²) in [6.45, 7) is 3.02. The number of benzene rings is 2. The molecule has 4 nitrogen and oxygen atoms in total. The van der Waals surface area contributed by atoms with E-state index < -0.39 is 0 Å². The van der Waals surface area contributed by atoms with E-state index in [0.29, 0.717) is 13.2 Å². The van der Waals surface area contributed by atoms with Crippen molar-refractivity contribution >= 4 is 11.7 Å². The van der Waals surface area contributed by atoms with E-state index in [9.17, 15) is 4.79 Å². The zero-order valence-corrected chi connectivity index (χ0v) is 12.3. The molecule has 2 rings (SSSR count). The fourth-order valence-corrected chi connectivity index (χ4v) is 2.01. The van der Waals surface area contributed by atoms with E-state index in [4.69, 9.17) is 4.74 Å². The summed E-state index contributed by atoms with van der Waals surface area (Å²) in [6.07, 6.45) is 0. The lowest BCUT2D eigenvalue weighted by Gasteiger charge is -2.11. The van der Waals surface area contributed by atoms with E-state index >= 15 is 0 Å². The molecule has 4 heteroatoms. The largest absolute Gasteiger partial charge is 0.380 e. The molecule has 0 aromatic heterocycles. The summed E-state index contributed by atoms with van der Waals surface area (Å²) in [4.78, 5) is 11.9. The summed E-state index contributed by atoms with van der Waals surface area (Å²) < 4.78 is 5.15. The Morgan fingerprint density at radius 1 is 1.05 bits per heavy atom. The van der Waals surface area contributed by atoms with Gasteiger partial charge in [-0.15, -0.1) is 0 Å². The van der Waals surface area contributed by atoms with Crippen LogP contribution < -0.4 is 10.6 Å². The summed E-state index contributed by atoms with van der Waals surface area (Å²) in [6, 6.07) is 15.4. The van der Waals surface area contributed by atoms with Gasteiger partial charge in [0.1, 0.15) is 0 Å². The molecule has 2 aromatic carbocycles. The smallest absolute Gasteiger partial charge is 0.319 e. The highest BCUT2D eigenvalue weighted by Crippen LogP contribution is 2.11. The number of ether oxygens (including phenoxy) is 1. The third-order valence-electron chi connectivity index (χ3n) is 3.17. The molecular formula is C17H20N2O2. The third-order valence-corrected chi connectivity index (χ3v) is 3.17. The van der Waals surface area contributed by atoms with Gasteiger partial charge in [-0.2, -0.15) is 0 Å². The molecule has 0 bridgehead atoms. The van der Waals surface area contributed by atoms with Crippen LogP contribution in [0.25, 0.3) is 0 Å². The number of anilines is 1. The molecule has 110 valence electrons.